The molecular weight excluding hydrogens is 342 g/mol. The zero-order chi connectivity index (χ0) is 18.6. The summed E-state index contributed by atoms with van der Waals surface area (Å²) in [6.45, 7) is 8.28. The Morgan fingerprint density at radius 3 is 2.32 bits per heavy atom. The van der Waals surface area contributed by atoms with Crippen molar-refractivity contribution in [3.05, 3.63) is 29.3 Å². The summed E-state index contributed by atoms with van der Waals surface area (Å²) in [7, 11) is -3.42. The second-order valence-electron chi connectivity index (χ2n) is 6.54. The van der Waals surface area contributed by atoms with E-state index in [2.05, 4.69) is 10.6 Å². The molecule has 2 atom stereocenters. The number of rotatable bonds is 5. The topological polar surface area (TPSA) is 87.7 Å². The van der Waals surface area contributed by atoms with Crippen LogP contribution in [0.25, 0.3) is 0 Å². The SMILES string of the molecule is Cc1cccc(C)c1NC(=O)NCCS(=O)(=O)N1CC(C)OC(C)C1. The molecule has 0 radical (unpaired) electrons. The first-order chi connectivity index (χ1) is 11.7. The van der Waals surface area contributed by atoms with Gasteiger partial charge < -0.3 is 15.4 Å². The molecule has 0 aliphatic carbocycles. The van der Waals surface area contributed by atoms with E-state index < -0.39 is 16.1 Å². The summed E-state index contributed by atoms with van der Waals surface area (Å²) in [6, 6.07) is 5.34. The molecule has 1 aliphatic rings. The number of sulfonamides is 1. The molecule has 0 spiro atoms. The molecule has 2 amide bonds. The molecule has 25 heavy (non-hydrogen) atoms. The summed E-state index contributed by atoms with van der Waals surface area (Å²) >= 11 is 0. The third-order valence-corrected chi connectivity index (χ3v) is 5.95. The van der Waals surface area contributed by atoms with Crippen LogP contribution in [-0.2, 0) is 14.8 Å². The Labute approximate surface area is 149 Å². The normalized spacial score (nSPS) is 21.8. The monoisotopic (exact) mass is 369 g/mol. The molecule has 1 saturated heterocycles. The molecule has 1 aliphatic heterocycles. The van der Waals surface area contributed by atoms with Crippen LogP contribution in [0, 0.1) is 13.8 Å². The third-order valence-electron chi connectivity index (χ3n) is 4.14. The number of carbonyl (C=O) groups excluding carboxylic acids is 1. The minimum absolute atomic E-state index is 0.0548. The van der Waals surface area contributed by atoms with Crippen LogP contribution >= 0.6 is 0 Å². The minimum atomic E-state index is -3.42. The van der Waals surface area contributed by atoms with E-state index in [0.29, 0.717) is 13.1 Å². The van der Waals surface area contributed by atoms with Crippen molar-refractivity contribution in [3.63, 3.8) is 0 Å². The molecule has 1 fully saturated rings. The zero-order valence-electron chi connectivity index (χ0n) is 15.2. The van der Waals surface area contributed by atoms with Gasteiger partial charge in [0.05, 0.1) is 18.0 Å². The van der Waals surface area contributed by atoms with Crippen molar-refractivity contribution in [2.24, 2.45) is 0 Å². The number of carbonyl (C=O) groups is 1. The van der Waals surface area contributed by atoms with Crippen molar-refractivity contribution >= 4 is 21.7 Å². The number of benzene rings is 1. The number of hydrogen-bond acceptors (Lipinski definition) is 4. The lowest BCUT2D eigenvalue weighted by atomic mass is 10.1. The van der Waals surface area contributed by atoms with E-state index in [1.54, 1.807) is 0 Å². The number of nitrogens with zero attached hydrogens (tertiary/aromatic N) is 1. The van der Waals surface area contributed by atoms with Gasteiger partial charge in [-0.15, -0.1) is 0 Å². The standard InChI is InChI=1S/C17H27N3O4S/c1-12-6-5-7-13(2)16(12)19-17(21)18-8-9-25(22,23)20-10-14(3)24-15(4)11-20/h5-7,14-15H,8-11H2,1-4H3,(H2,18,19,21). The highest BCUT2D eigenvalue weighted by molar-refractivity contribution is 7.89. The van der Waals surface area contributed by atoms with Gasteiger partial charge in [0, 0.05) is 25.3 Å². The van der Waals surface area contributed by atoms with Crippen LogP contribution in [0.15, 0.2) is 18.2 Å². The molecule has 1 aromatic rings. The van der Waals surface area contributed by atoms with Gasteiger partial charge >= 0.3 is 6.03 Å². The second-order valence-corrected chi connectivity index (χ2v) is 8.63. The minimum Gasteiger partial charge on any atom is -0.373 e. The number of para-hydroxylation sites is 1. The molecule has 0 bridgehead atoms. The van der Waals surface area contributed by atoms with E-state index in [-0.39, 0.29) is 24.5 Å². The first-order valence-electron chi connectivity index (χ1n) is 8.43. The van der Waals surface area contributed by atoms with E-state index in [4.69, 9.17) is 4.74 Å². The van der Waals surface area contributed by atoms with Crippen molar-refractivity contribution in [2.75, 3.05) is 30.7 Å². The second kappa shape index (κ2) is 8.16. The van der Waals surface area contributed by atoms with Crippen LogP contribution in [0.2, 0.25) is 0 Å². The van der Waals surface area contributed by atoms with Crippen molar-refractivity contribution in [3.8, 4) is 0 Å². The van der Waals surface area contributed by atoms with Crippen molar-refractivity contribution in [2.45, 2.75) is 39.9 Å². The molecule has 140 valence electrons. The van der Waals surface area contributed by atoms with Gasteiger partial charge in [-0.3, -0.25) is 0 Å². The number of anilines is 1. The third kappa shape index (κ3) is 5.42. The van der Waals surface area contributed by atoms with Crippen LogP contribution in [0.3, 0.4) is 0 Å². The van der Waals surface area contributed by atoms with E-state index in [1.165, 1.54) is 4.31 Å². The van der Waals surface area contributed by atoms with Gasteiger partial charge in [-0.25, -0.2) is 13.2 Å². The lowest BCUT2D eigenvalue weighted by molar-refractivity contribution is -0.0440. The van der Waals surface area contributed by atoms with Crippen LogP contribution in [0.5, 0.6) is 0 Å². The lowest BCUT2D eigenvalue weighted by Gasteiger charge is -2.34. The number of morpholine rings is 1. The predicted molar refractivity (Wildman–Crippen MR) is 98.3 cm³/mol. The number of aryl methyl sites for hydroxylation is 2. The average Bonchev–Trinajstić information content (AvgIpc) is 2.50. The first-order valence-corrected chi connectivity index (χ1v) is 10.0. The van der Waals surface area contributed by atoms with Crippen LogP contribution in [0.1, 0.15) is 25.0 Å². The van der Waals surface area contributed by atoms with Crippen LogP contribution in [0.4, 0.5) is 10.5 Å². The smallest absolute Gasteiger partial charge is 0.319 e. The summed E-state index contributed by atoms with van der Waals surface area (Å²) < 4.78 is 31.8. The molecule has 2 unspecified atom stereocenters. The molecule has 8 heteroatoms. The van der Waals surface area contributed by atoms with Gasteiger partial charge in [-0.1, -0.05) is 18.2 Å². The fourth-order valence-electron chi connectivity index (χ4n) is 2.95. The van der Waals surface area contributed by atoms with Gasteiger partial charge in [0.25, 0.3) is 0 Å². The molecule has 2 rings (SSSR count). The van der Waals surface area contributed by atoms with Gasteiger partial charge in [0.15, 0.2) is 0 Å². The Balaban J connectivity index is 1.86. The summed E-state index contributed by atoms with van der Waals surface area (Å²) in [5, 5.41) is 5.40. The molecule has 1 aromatic carbocycles. The van der Waals surface area contributed by atoms with Gasteiger partial charge in [-0.2, -0.15) is 4.31 Å². The zero-order valence-corrected chi connectivity index (χ0v) is 16.0. The Bertz CT molecular complexity index is 690. The fraction of sp³-hybridized carbons (Fsp3) is 0.588. The Morgan fingerprint density at radius 2 is 1.76 bits per heavy atom. The van der Waals surface area contributed by atoms with Crippen molar-refractivity contribution in [1.29, 1.82) is 0 Å². The average molecular weight is 369 g/mol. The quantitative estimate of drug-likeness (QED) is 0.829. The maximum absolute atomic E-state index is 12.4. The number of hydrogen-bond donors (Lipinski definition) is 2. The summed E-state index contributed by atoms with van der Waals surface area (Å²) in [5.41, 5.74) is 2.66. The molecular formula is C17H27N3O4S. The van der Waals surface area contributed by atoms with Gasteiger partial charge in [-0.05, 0) is 38.8 Å². The Morgan fingerprint density at radius 1 is 1.20 bits per heavy atom. The van der Waals surface area contributed by atoms with E-state index >= 15 is 0 Å². The Hall–Kier alpha value is -1.64. The summed E-state index contributed by atoms with van der Waals surface area (Å²) in [6.07, 6.45) is -0.252. The molecule has 1 heterocycles. The number of amides is 2. The van der Waals surface area contributed by atoms with Gasteiger partial charge in [0.2, 0.25) is 10.0 Å². The highest BCUT2D eigenvalue weighted by atomic mass is 32.2. The van der Waals surface area contributed by atoms with Crippen LogP contribution < -0.4 is 10.6 Å². The van der Waals surface area contributed by atoms with Gasteiger partial charge in [0.1, 0.15) is 0 Å². The first kappa shape index (κ1) is 19.7. The molecule has 0 saturated carbocycles. The molecule has 7 nitrogen and oxygen atoms in total. The predicted octanol–water partition coefficient (Wildman–Crippen LogP) is 1.86. The Kier molecular flexibility index (Phi) is 6.42. The maximum atomic E-state index is 12.4. The summed E-state index contributed by atoms with van der Waals surface area (Å²) in [4.78, 5) is 12.0. The van der Waals surface area contributed by atoms with E-state index in [9.17, 15) is 13.2 Å². The summed E-state index contributed by atoms with van der Waals surface area (Å²) in [5.74, 6) is -0.132. The number of nitrogens with one attached hydrogen (secondary N) is 2. The fourth-order valence-corrected chi connectivity index (χ4v) is 4.44. The highest BCUT2D eigenvalue weighted by Gasteiger charge is 2.30. The van der Waals surface area contributed by atoms with E-state index in [1.807, 2.05) is 45.9 Å². The number of ether oxygens (including phenoxy) is 1. The highest BCUT2D eigenvalue weighted by Crippen LogP contribution is 2.19. The van der Waals surface area contributed by atoms with E-state index in [0.717, 1.165) is 16.8 Å². The largest absolute Gasteiger partial charge is 0.373 e. The van der Waals surface area contributed by atoms with Crippen molar-refractivity contribution < 1.29 is 17.9 Å². The lowest BCUT2D eigenvalue weighted by Crippen LogP contribution is -2.49. The van der Waals surface area contributed by atoms with Crippen LogP contribution in [-0.4, -0.2) is 56.3 Å². The maximum Gasteiger partial charge on any atom is 0.319 e. The molecule has 2 N–H and O–H groups in total. The number of urea groups is 1. The van der Waals surface area contributed by atoms with Crippen molar-refractivity contribution in [1.82, 2.24) is 9.62 Å². The molecule has 0 aromatic heterocycles.